The molecular weight excluding hydrogens is 183 g/mol. The Morgan fingerprint density at radius 3 is 2.58 bits per heavy atom. The molecule has 0 N–H and O–H groups in total. The molecule has 0 radical (unpaired) electrons. The zero-order chi connectivity index (χ0) is 9.40. The largest absolute Gasteiger partial charge is 0.756 e. The summed E-state index contributed by atoms with van der Waals surface area (Å²) in [5, 5.41) is 0. The third-order valence-electron chi connectivity index (χ3n) is 0.812. The molecule has 0 aromatic heterocycles. The van der Waals surface area contributed by atoms with Crippen LogP contribution in [0.4, 0.5) is 4.79 Å². The molecule has 0 aliphatic heterocycles. The van der Waals surface area contributed by atoms with Crippen LogP contribution in [0.15, 0.2) is 0 Å². The Kier molecular flexibility index (Phi) is 6.61. The van der Waals surface area contributed by atoms with Crippen molar-refractivity contribution in [1.29, 1.82) is 0 Å². The van der Waals surface area contributed by atoms with Gasteiger partial charge in [0, 0.05) is 4.57 Å². The maximum Gasteiger partial charge on any atom is 0.756 e. The van der Waals surface area contributed by atoms with Crippen LogP contribution in [0.1, 0.15) is 20.3 Å². The minimum absolute atomic E-state index is 0.190. The Balaban J connectivity index is 3.47. The molecule has 0 saturated carbocycles. The summed E-state index contributed by atoms with van der Waals surface area (Å²) in [6.07, 6.45) is -0.248. The van der Waals surface area contributed by atoms with Crippen LogP contribution in [-0.4, -0.2) is 19.4 Å². The highest BCUT2D eigenvalue weighted by molar-refractivity contribution is 7.34. The van der Waals surface area contributed by atoms with E-state index in [0.717, 1.165) is 0 Å². The van der Waals surface area contributed by atoms with Crippen molar-refractivity contribution in [3.05, 3.63) is 0 Å². The van der Waals surface area contributed by atoms with Gasteiger partial charge in [-0.2, -0.15) is 4.79 Å². The fourth-order valence-electron chi connectivity index (χ4n) is 0.397. The lowest BCUT2D eigenvalue weighted by atomic mass is 10.5. The van der Waals surface area contributed by atoms with Gasteiger partial charge in [0.15, 0.2) is 0 Å². The van der Waals surface area contributed by atoms with Crippen molar-refractivity contribution in [2.24, 2.45) is 0 Å². The van der Waals surface area contributed by atoms with Gasteiger partial charge in [0.25, 0.3) is 0 Å². The van der Waals surface area contributed by atoms with Gasteiger partial charge in [-0.15, -0.1) is 9.05 Å². The molecule has 0 fully saturated rings. The molecule has 12 heavy (non-hydrogen) atoms. The molecule has 0 aromatic rings. The van der Waals surface area contributed by atoms with Crippen LogP contribution in [0.3, 0.4) is 0 Å². The van der Waals surface area contributed by atoms with Gasteiger partial charge >= 0.3 is 14.4 Å². The first-order valence-corrected chi connectivity index (χ1v) is 4.75. The Morgan fingerprint density at radius 1 is 1.42 bits per heavy atom. The molecule has 0 aromatic carbocycles. The molecule has 0 saturated heterocycles. The summed E-state index contributed by atoms with van der Waals surface area (Å²) in [4.78, 5) is 10.5. The van der Waals surface area contributed by atoms with Crippen LogP contribution in [0.25, 0.3) is 0 Å². The maximum absolute atomic E-state index is 10.7. The summed E-state index contributed by atoms with van der Waals surface area (Å²) in [6, 6.07) is 0. The van der Waals surface area contributed by atoms with Crippen molar-refractivity contribution in [2.45, 2.75) is 20.3 Å². The second-order valence-corrected chi connectivity index (χ2v) is 2.72. The second kappa shape index (κ2) is 7.00. The maximum atomic E-state index is 10.7. The number of hydrogen-bond donors (Lipinski definition) is 0. The molecule has 1 unspecified atom stereocenters. The highest BCUT2D eigenvalue weighted by atomic mass is 31.1. The van der Waals surface area contributed by atoms with Crippen LogP contribution in [0.5, 0.6) is 0 Å². The van der Waals surface area contributed by atoms with Crippen molar-refractivity contribution >= 4 is 14.4 Å². The predicted octanol–water partition coefficient (Wildman–Crippen LogP) is 2.24. The van der Waals surface area contributed by atoms with E-state index in [2.05, 4.69) is 13.8 Å². The average molecular weight is 195 g/mol. The van der Waals surface area contributed by atoms with Gasteiger partial charge < -0.3 is 4.74 Å². The number of carbonyl (C=O) groups excluding carboxylic acids is 1. The summed E-state index contributed by atoms with van der Waals surface area (Å²) < 4.78 is 23.9. The predicted molar refractivity (Wildman–Crippen MR) is 42.0 cm³/mol. The van der Waals surface area contributed by atoms with Gasteiger partial charge in [0.1, 0.15) is 6.61 Å². The molecule has 0 rings (SSSR count). The molecule has 1 atom stereocenters. The van der Waals surface area contributed by atoms with Crippen molar-refractivity contribution < 1.29 is 23.1 Å². The fraction of sp³-hybridized carbons (Fsp3) is 0.833. The molecular formula is C6H12O5P+. The van der Waals surface area contributed by atoms with Gasteiger partial charge in [0.2, 0.25) is 0 Å². The highest BCUT2D eigenvalue weighted by Crippen LogP contribution is 2.24. The first-order valence-electron chi connectivity index (χ1n) is 3.65. The summed E-state index contributed by atoms with van der Waals surface area (Å²) >= 11 is 0. The van der Waals surface area contributed by atoms with Crippen molar-refractivity contribution in [1.82, 2.24) is 0 Å². The fourth-order valence-corrected chi connectivity index (χ4v) is 0.956. The Labute approximate surface area is 71.9 Å². The van der Waals surface area contributed by atoms with E-state index in [9.17, 15) is 9.36 Å². The quantitative estimate of drug-likeness (QED) is 0.497. The van der Waals surface area contributed by atoms with Crippen LogP contribution >= 0.6 is 8.25 Å². The number of rotatable bonds is 5. The van der Waals surface area contributed by atoms with Gasteiger partial charge in [-0.25, -0.2) is 0 Å². The molecule has 6 heteroatoms. The van der Waals surface area contributed by atoms with Crippen LogP contribution < -0.4 is 0 Å². The lowest BCUT2D eigenvalue weighted by Gasteiger charge is -1.91. The van der Waals surface area contributed by atoms with Crippen LogP contribution in [-0.2, 0) is 18.3 Å². The second-order valence-electron chi connectivity index (χ2n) is 1.83. The zero-order valence-corrected chi connectivity index (χ0v) is 8.00. The lowest BCUT2D eigenvalue weighted by molar-refractivity contribution is 0.0991. The van der Waals surface area contributed by atoms with E-state index >= 15 is 0 Å². The average Bonchev–Trinajstić information content (AvgIpc) is 2.01. The van der Waals surface area contributed by atoms with Gasteiger partial charge in [-0.3, -0.25) is 0 Å². The minimum Gasteiger partial charge on any atom is -0.432 e. The monoisotopic (exact) mass is 195 g/mol. The van der Waals surface area contributed by atoms with E-state index in [1.54, 1.807) is 6.92 Å². The van der Waals surface area contributed by atoms with E-state index in [1.165, 1.54) is 0 Å². The molecule has 0 aliphatic carbocycles. The van der Waals surface area contributed by atoms with Crippen molar-refractivity contribution in [3.8, 4) is 0 Å². The Hall–Kier alpha value is -0.670. The topological polar surface area (TPSA) is 61.8 Å². The standard InChI is InChI=1S/C6H12O5P/c1-3-5-10-12(8)11-6(7)9-4-2/h3-5H2,1-2H3/q+1. The van der Waals surface area contributed by atoms with Crippen LogP contribution in [0.2, 0.25) is 0 Å². The number of ether oxygens (including phenoxy) is 1. The first kappa shape index (κ1) is 11.3. The molecule has 5 nitrogen and oxygen atoms in total. The van der Waals surface area contributed by atoms with E-state index in [0.29, 0.717) is 13.0 Å². The third kappa shape index (κ3) is 6.07. The lowest BCUT2D eigenvalue weighted by Crippen LogP contribution is -2.02. The number of hydrogen-bond acceptors (Lipinski definition) is 5. The molecule has 70 valence electrons. The Morgan fingerprint density at radius 2 is 2.08 bits per heavy atom. The normalized spacial score (nSPS) is 10.7. The number of carbonyl (C=O) groups is 1. The van der Waals surface area contributed by atoms with Crippen molar-refractivity contribution in [3.63, 3.8) is 0 Å². The summed E-state index contributed by atoms with van der Waals surface area (Å²) in [7, 11) is -2.36. The first-order chi connectivity index (χ1) is 5.70. The molecule has 0 spiro atoms. The molecule has 0 bridgehead atoms. The molecule has 0 heterocycles. The minimum atomic E-state index is -2.36. The molecule has 0 aliphatic rings. The van der Waals surface area contributed by atoms with Crippen molar-refractivity contribution in [2.75, 3.05) is 13.2 Å². The SMILES string of the molecule is CCCO[P+](=O)OC(=O)OCC. The summed E-state index contributed by atoms with van der Waals surface area (Å²) in [5.41, 5.74) is 0. The van der Waals surface area contributed by atoms with Gasteiger partial charge in [-0.1, -0.05) is 6.92 Å². The highest BCUT2D eigenvalue weighted by Gasteiger charge is 2.26. The van der Waals surface area contributed by atoms with E-state index < -0.39 is 14.4 Å². The summed E-state index contributed by atoms with van der Waals surface area (Å²) in [6.45, 7) is 3.97. The van der Waals surface area contributed by atoms with Gasteiger partial charge in [-0.05, 0) is 13.3 Å². The Bertz CT molecular complexity index is 158. The third-order valence-corrected chi connectivity index (χ3v) is 1.50. The smallest absolute Gasteiger partial charge is 0.432 e. The zero-order valence-electron chi connectivity index (χ0n) is 7.11. The van der Waals surface area contributed by atoms with Gasteiger partial charge in [0.05, 0.1) is 6.61 Å². The van der Waals surface area contributed by atoms with Crippen LogP contribution in [0, 0.1) is 0 Å². The van der Waals surface area contributed by atoms with E-state index in [-0.39, 0.29) is 6.61 Å². The molecule has 0 amide bonds. The summed E-state index contributed by atoms with van der Waals surface area (Å²) in [5.74, 6) is 0. The van der Waals surface area contributed by atoms with E-state index in [1.807, 2.05) is 6.92 Å². The van der Waals surface area contributed by atoms with E-state index in [4.69, 9.17) is 0 Å².